The summed E-state index contributed by atoms with van der Waals surface area (Å²) < 4.78 is 0. The maximum absolute atomic E-state index is 10.2. The Morgan fingerprint density at radius 3 is 2.60 bits per heavy atom. The molecule has 0 rings (SSSR count). The van der Waals surface area contributed by atoms with Gasteiger partial charge in [-0.05, 0) is 6.42 Å². The third kappa shape index (κ3) is 3.09. The van der Waals surface area contributed by atoms with Gasteiger partial charge in [-0.25, -0.2) is 4.79 Å². The number of aliphatic carboxylic acids is 1. The number of allylic oxidation sites excluding steroid dienone is 1. The third-order valence-electron chi connectivity index (χ3n) is 0.908. The Balaban J connectivity index is 3.98. The average molecular weight is 145 g/mol. The van der Waals surface area contributed by atoms with Gasteiger partial charge in [0.15, 0.2) is 0 Å². The molecule has 0 radical (unpaired) electrons. The van der Waals surface area contributed by atoms with Gasteiger partial charge in [-0.2, -0.15) is 0 Å². The van der Waals surface area contributed by atoms with E-state index >= 15 is 0 Å². The second-order valence-corrected chi connectivity index (χ2v) is 1.67. The highest BCUT2D eigenvalue weighted by atomic mass is 16.4. The topological polar surface area (TPSA) is 69.6 Å². The van der Waals surface area contributed by atoms with Gasteiger partial charge in [-0.3, -0.25) is 0 Å². The smallest absolute Gasteiger partial charge is 0.351 e. The lowest BCUT2D eigenvalue weighted by Crippen LogP contribution is -2.20. The first-order valence-electron chi connectivity index (χ1n) is 3.00. The van der Waals surface area contributed by atoms with E-state index in [0.29, 0.717) is 6.42 Å². The van der Waals surface area contributed by atoms with Crippen molar-refractivity contribution in [3.8, 4) is 0 Å². The van der Waals surface area contributed by atoms with Gasteiger partial charge in [0, 0.05) is 0 Å². The SMILES string of the molecule is CC/C=C(\NCO)C(=O)O. The fraction of sp³-hybridized carbons (Fsp3) is 0.500. The minimum atomic E-state index is -1.05. The van der Waals surface area contributed by atoms with Crippen molar-refractivity contribution in [3.05, 3.63) is 11.8 Å². The predicted octanol–water partition coefficient (Wildman–Crippen LogP) is -0.0957. The zero-order chi connectivity index (χ0) is 7.98. The summed E-state index contributed by atoms with van der Waals surface area (Å²) in [5.41, 5.74) is 0.0463. The minimum absolute atomic E-state index is 0.0463. The Kier molecular flexibility index (Phi) is 4.32. The van der Waals surface area contributed by atoms with E-state index in [-0.39, 0.29) is 12.4 Å². The summed E-state index contributed by atoms with van der Waals surface area (Å²) in [6.07, 6.45) is 2.13. The van der Waals surface area contributed by atoms with E-state index in [2.05, 4.69) is 5.32 Å². The summed E-state index contributed by atoms with van der Waals surface area (Å²) in [4.78, 5) is 10.2. The molecule has 0 bridgehead atoms. The van der Waals surface area contributed by atoms with Crippen LogP contribution in [0.15, 0.2) is 11.8 Å². The number of carboxylic acids is 1. The van der Waals surface area contributed by atoms with Crippen LogP contribution in [0.1, 0.15) is 13.3 Å². The molecule has 0 saturated heterocycles. The highest BCUT2D eigenvalue weighted by molar-refractivity contribution is 5.85. The van der Waals surface area contributed by atoms with Crippen LogP contribution in [0, 0.1) is 0 Å². The van der Waals surface area contributed by atoms with Crippen LogP contribution in [0.5, 0.6) is 0 Å². The number of carbonyl (C=O) groups is 1. The van der Waals surface area contributed by atoms with Gasteiger partial charge in [0.2, 0.25) is 0 Å². The monoisotopic (exact) mass is 145 g/mol. The normalized spacial score (nSPS) is 11.2. The number of hydrogen-bond acceptors (Lipinski definition) is 3. The van der Waals surface area contributed by atoms with Crippen LogP contribution in [0.3, 0.4) is 0 Å². The molecular formula is C6H11NO3. The van der Waals surface area contributed by atoms with Crippen LogP contribution in [0.4, 0.5) is 0 Å². The molecule has 0 saturated carbocycles. The molecule has 3 N–H and O–H groups in total. The first-order valence-corrected chi connectivity index (χ1v) is 3.00. The molecule has 0 atom stereocenters. The van der Waals surface area contributed by atoms with E-state index in [4.69, 9.17) is 10.2 Å². The second-order valence-electron chi connectivity index (χ2n) is 1.67. The molecule has 0 unspecified atom stereocenters. The summed E-state index contributed by atoms with van der Waals surface area (Å²) in [5, 5.41) is 19.0. The third-order valence-corrected chi connectivity index (χ3v) is 0.908. The maximum atomic E-state index is 10.2. The average Bonchev–Trinajstić information content (AvgIpc) is 1.87. The van der Waals surface area contributed by atoms with E-state index in [9.17, 15) is 4.79 Å². The molecule has 4 nitrogen and oxygen atoms in total. The molecule has 0 spiro atoms. The molecule has 4 heteroatoms. The lowest BCUT2D eigenvalue weighted by Gasteiger charge is -2.00. The molecule has 0 fully saturated rings. The van der Waals surface area contributed by atoms with Crippen molar-refractivity contribution < 1.29 is 15.0 Å². The largest absolute Gasteiger partial charge is 0.477 e. The molecule has 0 aromatic rings. The van der Waals surface area contributed by atoms with Crippen molar-refractivity contribution in [3.63, 3.8) is 0 Å². The van der Waals surface area contributed by atoms with Gasteiger partial charge in [-0.15, -0.1) is 0 Å². The first kappa shape index (κ1) is 8.97. The van der Waals surface area contributed by atoms with Crippen LogP contribution < -0.4 is 5.32 Å². The summed E-state index contributed by atoms with van der Waals surface area (Å²) in [7, 11) is 0. The minimum Gasteiger partial charge on any atom is -0.477 e. The second kappa shape index (κ2) is 4.81. The Bertz CT molecular complexity index is 142. The van der Waals surface area contributed by atoms with Gasteiger partial charge in [0.05, 0.1) is 0 Å². The molecule has 58 valence electrons. The first-order chi connectivity index (χ1) is 4.72. The standard InChI is InChI=1S/C6H11NO3/c1-2-3-5(6(9)10)7-4-8/h3,7-8H,2,4H2,1H3,(H,9,10)/b5-3-. The van der Waals surface area contributed by atoms with Gasteiger partial charge in [0.1, 0.15) is 12.4 Å². The number of aliphatic hydroxyl groups excluding tert-OH is 1. The fourth-order valence-corrected chi connectivity index (χ4v) is 0.524. The summed E-state index contributed by atoms with van der Waals surface area (Å²) >= 11 is 0. The lowest BCUT2D eigenvalue weighted by atomic mass is 10.3. The van der Waals surface area contributed by atoms with Crippen LogP contribution in [-0.4, -0.2) is 22.9 Å². The number of aliphatic hydroxyl groups is 1. The molecule has 10 heavy (non-hydrogen) atoms. The van der Waals surface area contributed by atoms with Gasteiger partial charge in [0.25, 0.3) is 0 Å². The Morgan fingerprint density at radius 1 is 1.70 bits per heavy atom. The highest BCUT2D eigenvalue weighted by Crippen LogP contribution is 1.90. The van der Waals surface area contributed by atoms with Crippen molar-refractivity contribution in [1.29, 1.82) is 0 Å². The van der Waals surface area contributed by atoms with Crippen molar-refractivity contribution in [1.82, 2.24) is 5.32 Å². The predicted molar refractivity (Wildman–Crippen MR) is 36.2 cm³/mol. The van der Waals surface area contributed by atoms with Crippen LogP contribution in [-0.2, 0) is 4.79 Å². The van der Waals surface area contributed by atoms with Crippen LogP contribution in [0.25, 0.3) is 0 Å². The van der Waals surface area contributed by atoms with E-state index in [1.165, 1.54) is 6.08 Å². The molecule has 0 heterocycles. The summed E-state index contributed by atoms with van der Waals surface area (Å²) in [6, 6.07) is 0. The number of nitrogens with one attached hydrogen (secondary N) is 1. The molecule has 0 aliphatic rings. The molecular weight excluding hydrogens is 134 g/mol. The van der Waals surface area contributed by atoms with E-state index in [1.807, 2.05) is 6.92 Å². The van der Waals surface area contributed by atoms with Crippen molar-refractivity contribution in [2.75, 3.05) is 6.73 Å². The molecule has 0 aliphatic heterocycles. The number of carboxylic acid groups (broad SMARTS) is 1. The summed E-state index contributed by atoms with van der Waals surface area (Å²) in [6.45, 7) is 1.47. The maximum Gasteiger partial charge on any atom is 0.351 e. The molecule has 0 amide bonds. The lowest BCUT2D eigenvalue weighted by molar-refractivity contribution is -0.133. The number of hydrogen-bond donors (Lipinski definition) is 3. The number of rotatable bonds is 4. The van der Waals surface area contributed by atoms with Crippen LogP contribution in [0.2, 0.25) is 0 Å². The van der Waals surface area contributed by atoms with E-state index in [0.717, 1.165) is 0 Å². The summed E-state index contributed by atoms with van der Waals surface area (Å²) in [5.74, 6) is -1.05. The quantitative estimate of drug-likeness (QED) is 0.382. The van der Waals surface area contributed by atoms with E-state index in [1.54, 1.807) is 0 Å². The Morgan fingerprint density at radius 2 is 2.30 bits per heavy atom. The van der Waals surface area contributed by atoms with Gasteiger partial charge >= 0.3 is 5.97 Å². The Hall–Kier alpha value is -1.03. The van der Waals surface area contributed by atoms with Gasteiger partial charge in [-0.1, -0.05) is 13.0 Å². The van der Waals surface area contributed by atoms with E-state index < -0.39 is 5.97 Å². The molecule has 0 aromatic carbocycles. The molecule has 0 aromatic heterocycles. The van der Waals surface area contributed by atoms with Crippen molar-refractivity contribution in [2.45, 2.75) is 13.3 Å². The fourth-order valence-electron chi connectivity index (χ4n) is 0.524. The Labute approximate surface area is 59.2 Å². The van der Waals surface area contributed by atoms with Crippen molar-refractivity contribution >= 4 is 5.97 Å². The highest BCUT2D eigenvalue weighted by Gasteiger charge is 2.02. The van der Waals surface area contributed by atoms with Crippen LogP contribution >= 0.6 is 0 Å². The zero-order valence-corrected chi connectivity index (χ0v) is 5.79. The van der Waals surface area contributed by atoms with Gasteiger partial charge < -0.3 is 15.5 Å². The zero-order valence-electron chi connectivity index (χ0n) is 5.79. The molecule has 0 aliphatic carbocycles. The van der Waals surface area contributed by atoms with Crippen molar-refractivity contribution in [2.24, 2.45) is 0 Å².